The highest BCUT2D eigenvalue weighted by Crippen LogP contribution is 2.39. The third-order valence-electron chi connectivity index (χ3n) is 4.10. The summed E-state index contributed by atoms with van der Waals surface area (Å²) in [6.07, 6.45) is -0.0659. The Labute approximate surface area is 135 Å². The van der Waals surface area contributed by atoms with E-state index in [0.29, 0.717) is 29.7 Å². The highest BCUT2D eigenvalue weighted by Gasteiger charge is 2.40. The van der Waals surface area contributed by atoms with E-state index >= 15 is 0 Å². The molecule has 0 saturated carbocycles. The molecule has 0 radical (unpaired) electrons. The molecule has 1 aromatic rings. The average Bonchev–Trinajstić information content (AvgIpc) is 2.69. The largest absolute Gasteiger partial charge is 0.483 e. The zero-order valence-corrected chi connectivity index (χ0v) is 13.9. The molecule has 6 heteroatoms. The lowest BCUT2D eigenvalue weighted by Crippen LogP contribution is -2.35. The van der Waals surface area contributed by atoms with Crippen LogP contribution in [0.4, 0.5) is 0 Å². The van der Waals surface area contributed by atoms with Gasteiger partial charge in [0.25, 0.3) is 5.91 Å². The molecule has 0 unspecified atom stereocenters. The minimum absolute atomic E-state index is 0.0290. The fraction of sp³-hybridized carbons (Fsp3) is 0.562. The molecule has 0 N–H and O–H groups in total. The third kappa shape index (κ3) is 2.63. The van der Waals surface area contributed by atoms with Gasteiger partial charge < -0.3 is 9.47 Å². The van der Waals surface area contributed by atoms with Gasteiger partial charge >= 0.3 is 0 Å². The molecule has 2 atom stereocenters. The SMILES string of the molecule is C[C@@H]1Oc2cc(CN3OCC(C)(C)C3=O)c(Cl)cc2O[C@@H]1C. The first-order chi connectivity index (χ1) is 10.3. The van der Waals surface area contributed by atoms with Crippen LogP contribution < -0.4 is 9.47 Å². The van der Waals surface area contributed by atoms with Gasteiger partial charge in [0.2, 0.25) is 0 Å². The molecule has 0 bridgehead atoms. The fourth-order valence-corrected chi connectivity index (χ4v) is 2.66. The summed E-state index contributed by atoms with van der Waals surface area (Å²) >= 11 is 6.31. The van der Waals surface area contributed by atoms with Gasteiger partial charge in [-0.05, 0) is 39.3 Å². The van der Waals surface area contributed by atoms with Crippen LogP contribution in [0.1, 0.15) is 33.3 Å². The highest BCUT2D eigenvalue weighted by atomic mass is 35.5. The van der Waals surface area contributed by atoms with Crippen LogP contribution in [0.5, 0.6) is 11.5 Å². The van der Waals surface area contributed by atoms with Gasteiger partial charge in [-0.25, -0.2) is 5.06 Å². The van der Waals surface area contributed by atoms with Crippen LogP contribution in [0.25, 0.3) is 0 Å². The van der Waals surface area contributed by atoms with Crippen molar-refractivity contribution in [1.82, 2.24) is 5.06 Å². The summed E-state index contributed by atoms with van der Waals surface area (Å²) in [5, 5.41) is 1.90. The molecule has 120 valence electrons. The molecular formula is C16H20ClNO4. The van der Waals surface area contributed by atoms with E-state index in [1.807, 2.05) is 33.8 Å². The minimum Gasteiger partial charge on any atom is -0.483 e. The van der Waals surface area contributed by atoms with Gasteiger partial charge in [0.1, 0.15) is 12.2 Å². The number of carbonyl (C=O) groups excluding carboxylic acids is 1. The zero-order chi connectivity index (χ0) is 16.1. The lowest BCUT2D eigenvalue weighted by molar-refractivity contribution is -0.165. The summed E-state index contributed by atoms with van der Waals surface area (Å²) in [6, 6.07) is 3.56. The molecule has 0 aliphatic carbocycles. The van der Waals surface area contributed by atoms with E-state index in [4.69, 9.17) is 25.9 Å². The van der Waals surface area contributed by atoms with Gasteiger partial charge in [-0.1, -0.05) is 11.6 Å². The number of rotatable bonds is 2. The standard InChI is InChI=1S/C16H20ClNO4/c1-9-10(2)22-14-6-12(17)11(5-13(14)21-9)7-18-15(19)16(3,4)8-20-18/h5-6,9-10H,7-8H2,1-4H3/t9-,10+/m0/s1. The maximum absolute atomic E-state index is 12.2. The van der Waals surface area contributed by atoms with Gasteiger partial charge in [0, 0.05) is 11.1 Å². The maximum Gasteiger partial charge on any atom is 0.254 e. The van der Waals surface area contributed by atoms with Crippen molar-refractivity contribution in [1.29, 1.82) is 0 Å². The van der Waals surface area contributed by atoms with Crippen molar-refractivity contribution >= 4 is 17.5 Å². The molecule has 1 amide bonds. The molecule has 0 aromatic heterocycles. The molecule has 5 nitrogen and oxygen atoms in total. The molecule has 1 aromatic carbocycles. The van der Waals surface area contributed by atoms with Crippen LogP contribution in [-0.2, 0) is 16.2 Å². The quantitative estimate of drug-likeness (QED) is 0.838. The number of nitrogens with zero attached hydrogens (tertiary/aromatic N) is 1. The van der Waals surface area contributed by atoms with Crippen molar-refractivity contribution in [2.45, 2.75) is 46.4 Å². The van der Waals surface area contributed by atoms with Crippen LogP contribution in [0.2, 0.25) is 5.02 Å². The molecule has 2 heterocycles. The van der Waals surface area contributed by atoms with Crippen molar-refractivity contribution in [3.63, 3.8) is 0 Å². The van der Waals surface area contributed by atoms with E-state index in [1.165, 1.54) is 5.06 Å². The van der Waals surface area contributed by atoms with Crippen LogP contribution in [0.15, 0.2) is 12.1 Å². The Kier molecular flexibility index (Phi) is 3.73. The summed E-state index contributed by atoms with van der Waals surface area (Å²) in [4.78, 5) is 17.7. The second kappa shape index (κ2) is 5.32. The number of hydroxylamine groups is 2. The predicted molar refractivity (Wildman–Crippen MR) is 81.9 cm³/mol. The van der Waals surface area contributed by atoms with Crippen LogP contribution >= 0.6 is 11.6 Å². The molecule has 0 spiro atoms. The van der Waals surface area contributed by atoms with E-state index in [1.54, 1.807) is 6.07 Å². The van der Waals surface area contributed by atoms with Crippen LogP contribution in [0, 0.1) is 5.41 Å². The molecule has 2 aliphatic rings. The normalized spacial score (nSPS) is 26.4. The lowest BCUT2D eigenvalue weighted by Gasteiger charge is -2.30. The van der Waals surface area contributed by atoms with Gasteiger partial charge in [-0.2, -0.15) is 0 Å². The first-order valence-electron chi connectivity index (χ1n) is 7.38. The molecule has 1 fully saturated rings. The molecule has 2 aliphatic heterocycles. The summed E-state index contributed by atoms with van der Waals surface area (Å²) in [7, 11) is 0. The number of benzene rings is 1. The number of carbonyl (C=O) groups is 1. The van der Waals surface area contributed by atoms with Crippen LogP contribution in [0.3, 0.4) is 0 Å². The Bertz CT molecular complexity index is 616. The van der Waals surface area contributed by atoms with E-state index < -0.39 is 5.41 Å². The van der Waals surface area contributed by atoms with E-state index in [0.717, 1.165) is 5.56 Å². The van der Waals surface area contributed by atoms with Crippen molar-refractivity contribution in [3.05, 3.63) is 22.7 Å². The number of ether oxygens (including phenoxy) is 2. The lowest BCUT2D eigenvalue weighted by atomic mass is 9.95. The Morgan fingerprint density at radius 3 is 2.36 bits per heavy atom. The van der Waals surface area contributed by atoms with Crippen LogP contribution in [-0.4, -0.2) is 29.8 Å². The number of hydrogen-bond donors (Lipinski definition) is 0. The van der Waals surface area contributed by atoms with Crippen molar-refractivity contribution in [2.75, 3.05) is 6.61 Å². The first-order valence-corrected chi connectivity index (χ1v) is 7.76. The monoisotopic (exact) mass is 325 g/mol. The molecular weight excluding hydrogens is 306 g/mol. The molecule has 3 rings (SSSR count). The van der Waals surface area contributed by atoms with E-state index in [-0.39, 0.29) is 18.1 Å². The van der Waals surface area contributed by atoms with Crippen molar-refractivity contribution in [2.24, 2.45) is 5.41 Å². The molecule has 22 heavy (non-hydrogen) atoms. The second-order valence-corrected chi connectivity index (χ2v) is 6.94. The summed E-state index contributed by atoms with van der Waals surface area (Å²) in [5.74, 6) is 1.24. The Hall–Kier alpha value is -1.46. The first kappa shape index (κ1) is 15.4. The van der Waals surface area contributed by atoms with E-state index in [2.05, 4.69) is 0 Å². The number of fused-ring (bicyclic) bond motifs is 1. The zero-order valence-electron chi connectivity index (χ0n) is 13.2. The van der Waals surface area contributed by atoms with E-state index in [9.17, 15) is 4.79 Å². The number of halogens is 1. The van der Waals surface area contributed by atoms with Gasteiger partial charge in [-0.3, -0.25) is 9.63 Å². The van der Waals surface area contributed by atoms with Crippen molar-refractivity contribution in [3.8, 4) is 11.5 Å². The fourth-order valence-electron chi connectivity index (χ4n) is 2.44. The van der Waals surface area contributed by atoms with Crippen molar-refractivity contribution < 1.29 is 19.1 Å². The topological polar surface area (TPSA) is 48.0 Å². The Morgan fingerprint density at radius 2 is 1.82 bits per heavy atom. The Balaban J connectivity index is 1.84. The summed E-state index contributed by atoms with van der Waals surface area (Å²) in [5.41, 5.74) is 0.279. The maximum atomic E-state index is 12.2. The highest BCUT2D eigenvalue weighted by molar-refractivity contribution is 6.31. The Morgan fingerprint density at radius 1 is 1.23 bits per heavy atom. The average molecular weight is 326 g/mol. The third-order valence-corrected chi connectivity index (χ3v) is 4.45. The number of amides is 1. The second-order valence-electron chi connectivity index (χ2n) is 6.54. The summed E-state index contributed by atoms with van der Waals surface area (Å²) in [6.45, 7) is 8.31. The predicted octanol–water partition coefficient (Wildman–Crippen LogP) is 3.19. The number of hydrogen-bond acceptors (Lipinski definition) is 4. The van der Waals surface area contributed by atoms with Gasteiger partial charge in [-0.15, -0.1) is 0 Å². The van der Waals surface area contributed by atoms with Gasteiger partial charge in [0.15, 0.2) is 11.5 Å². The van der Waals surface area contributed by atoms with Gasteiger partial charge in [0.05, 0.1) is 18.6 Å². The smallest absolute Gasteiger partial charge is 0.254 e. The summed E-state index contributed by atoms with van der Waals surface area (Å²) < 4.78 is 11.6. The molecule has 1 saturated heterocycles. The minimum atomic E-state index is -0.496.